The maximum atomic E-state index is 12.3. The summed E-state index contributed by atoms with van der Waals surface area (Å²) < 4.78 is 1.85. The third-order valence-electron chi connectivity index (χ3n) is 3.95. The van der Waals surface area contributed by atoms with E-state index in [4.69, 9.17) is 0 Å². The highest BCUT2D eigenvalue weighted by molar-refractivity contribution is 5.94. The molecule has 1 N–H and O–H groups in total. The smallest absolute Gasteiger partial charge is 0.251 e. The molecule has 2 aromatic rings. The van der Waals surface area contributed by atoms with Crippen molar-refractivity contribution in [1.29, 1.82) is 0 Å². The highest BCUT2D eigenvalue weighted by atomic mass is 16.1. The second kappa shape index (κ2) is 7.07. The Morgan fingerprint density at radius 2 is 2.23 bits per heavy atom. The van der Waals surface area contributed by atoms with Gasteiger partial charge in [-0.15, -0.1) is 0 Å². The maximum absolute atomic E-state index is 12.3. The molecular formula is C18H21N3O. The first-order chi connectivity index (χ1) is 10.8. The van der Waals surface area contributed by atoms with Crippen molar-refractivity contribution in [1.82, 2.24) is 15.1 Å². The van der Waals surface area contributed by atoms with Crippen molar-refractivity contribution < 1.29 is 4.79 Å². The fourth-order valence-electron chi connectivity index (χ4n) is 2.75. The highest BCUT2D eigenvalue weighted by Crippen LogP contribution is 2.16. The second-order valence-corrected chi connectivity index (χ2v) is 5.69. The molecule has 4 heteroatoms. The first kappa shape index (κ1) is 14.6. The van der Waals surface area contributed by atoms with Crippen molar-refractivity contribution in [2.75, 3.05) is 6.54 Å². The normalized spacial score (nSPS) is 14.5. The Morgan fingerprint density at radius 3 is 3.00 bits per heavy atom. The molecule has 0 fully saturated rings. The van der Waals surface area contributed by atoms with Crippen molar-refractivity contribution in [3.05, 3.63) is 65.5 Å². The number of nitrogens with one attached hydrogen (secondary N) is 1. The first-order valence-electron chi connectivity index (χ1n) is 7.84. The number of aromatic nitrogens is 2. The lowest BCUT2D eigenvalue weighted by Gasteiger charge is -2.13. The van der Waals surface area contributed by atoms with E-state index in [1.807, 2.05) is 41.2 Å². The van der Waals surface area contributed by atoms with E-state index in [2.05, 4.69) is 16.5 Å². The topological polar surface area (TPSA) is 46.9 Å². The molecule has 1 amide bonds. The fourth-order valence-corrected chi connectivity index (χ4v) is 2.75. The van der Waals surface area contributed by atoms with Crippen LogP contribution in [0.4, 0.5) is 0 Å². The van der Waals surface area contributed by atoms with Gasteiger partial charge in [-0.2, -0.15) is 5.10 Å². The molecule has 0 radical (unpaired) electrons. The minimum atomic E-state index is -0.00575. The molecule has 1 heterocycles. The Kier molecular flexibility index (Phi) is 4.68. The van der Waals surface area contributed by atoms with Crippen LogP contribution in [-0.4, -0.2) is 22.2 Å². The molecule has 0 unspecified atom stereocenters. The molecule has 3 rings (SSSR count). The number of carbonyl (C=O) groups excluding carboxylic acids is 1. The SMILES string of the molecule is O=C(NCC1=CCCCC1)c1cccc(Cn2cccn2)c1. The number of benzene rings is 1. The maximum Gasteiger partial charge on any atom is 0.251 e. The number of amides is 1. The van der Waals surface area contributed by atoms with Crippen molar-refractivity contribution in [3.8, 4) is 0 Å². The van der Waals surface area contributed by atoms with Gasteiger partial charge in [0, 0.05) is 24.5 Å². The number of hydrogen-bond donors (Lipinski definition) is 1. The van der Waals surface area contributed by atoms with Crippen LogP contribution in [0.5, 0.6) is 0 Å². The van der Waals surface area contributed by atoms with E-state index in [-0.39, 0.29) is 5.91 Å². The lowest BCUT2D eigenvalue weighted by atomic mass is 9.99. The molecule has 0 atom stereocenters. The van der Waals surface area contributed by atoms with Crippen molar-refractivity contribution in [2.45, 2.75) is 32.2 Å². The highest BCUT2D eigenvalue weighted by Gasteiger charge is 2.09. The Labute approximate surface area is 130 Å². The zero-order valence-corrected chi connectivity index (χ0v) is 12.7. The summed E-state index contributed by atoms with van der Waals surface area (Å²) in [4.78, 5) is 12.3. The van der Waals surface area contributed by atoms with Crippen LogP contribution in [0.1, 0.15) is 41.6 Å². The molecule has 1 aliphatic carbocycles. The summed E-state index contributed by atoms with van der Waals surface area (Å²) in [5, 5.41) is 7.22. The van der Waals surface area contributed by atoms with Gasteiger partial charge >= 0.3 is 0 Å². The van der Waals surface area contributed by atoms with Crippen LogP contribution in [0, 0.1) is 0 Å². The number of rotatable bonds is 5. The molecule has 4 nitrogen and oxygen atoms in total. The van der Waals surface area contributed by atoms with Gasteiger partial charge in [0.05, 0.1) is 6.54 Å². The summed E-state index contributed by atoms with van der Waals surface area (Å²) in [6, 6.07) is 9.63. The van der Waals surface area contributed by atoms with Gasteiger partial charge in [0.1, 0.15) is 0 Å². The molecule has 0 saturated carbocycles. The number of hydrogen-bond acceptors (Lipinski definition) is 2. The molecule has 1 aliphatic rings. The van der Waals surface area contributed by atoms with Crippen molar-refractivity contribution in [2.24, 2.45) is 0 Å². The minimum absolute atomic E-state index is 0.00575. The Balaban J connectivity index is 1.61. The molecule has 0 spiro atoms. The third kappa shape index (κ3) is 3.85. The molecule has 1 aromatic heterocycles. The van der Waals surface area contributed by atoms with Gasteiger partial charge in [0.25, 0.3) is 5.91 Å². The Hall–Kier alpha value is -2.36. The summed E-state index contributed by atoms with van der Waals surface area (Å²) in [6.45, 7) is 1.35. The monoisotopic (exact) mass is 295 g/mol. The van der Waals surface area contributed by atoms with Crippen LogP contribution >= 0.6 is 0 Å². The third-order valence-corrected chi connectivity index (χ3v) is 3.95. The molecular weight excluding hydrogens is 274 g/mol. The lowest BCUT2D eigenvalue weighted by molar-refractivity contribution is 0.0956. The predicted molar refractivity (Wildman–Crippen MR) is 86.7 cm³/mol. The number of nitrogens with zero attached hydrogens (tertiary/aromatic N) is 2. The van der Waals surface area contributed by atoms with Crippen LogP contribution < -0.4 is 5.32 Å². The van der Waals surface area contributed by atoms with Gasteiger partial charge in [-0.25, -0.2) is 0 Å². The van der Waals surface area contributed by atoms with E-state index in [1.54, 1.807) is 6.20 Å². The lowest BCUT2D eigenvalue weighted by Crippen LogP contribution is -2.26. The van der Waals surface area contributed by atoms with Crippen molar-refractivity contribution >= 4 is 5.91 Å². The molecule has 114 valence electrons. The van der Waals surface area contributed by atoms with Gasteiger partial charge in [-0.3, -0.25) is 9.48 Å². The predicted octanol–water partition coefficient (Wildman–Crippen LogP) is 3.16. The Bertz CT molecular complexity index is 659. The minimum Gasteiger partial charge on any atom is -0.348 e. The van der Waals surface area contributed by atoms with Gasteiger partial charge in [-0.05, 0) is 49.4 Å². The summed E-state index contributed by atoms with van der Waals surface area (Å²) in [7, 11) is 0. The van der Waals surface area contributed by atoms with Crippen LogP contribution in [0.2, 0.25) is 0 Å². The summed E-state index contributed by atoms with van der Waals surface area (Å²) >= 11 is 0. The standard InChI is InChI=1S/C18H21N3O/c22-18(19-13-15-6-2-1-3-7-15)17-9-4-8-16(12-17)14-21-11-5-10-20-21/h4-6,8-12H,1-3,7,13-14H2,(H,19,22). The van der Waals surface area contributed by atoms with E-state index in [1.165, 1.54) is 18.4 Å². The number of carbonyl (C=O) groups is 1. The summed E-state index contributed by atoms with van der Waals surface area (Å²) in [5.41, 5.74) is 3.14. The van der Waals surface area contributed by atoms with Crippen molar-refractivity contribution in [3.63, 3.8) is 0 Å². The quantitative estimate of drug-likeness (QED) is 0.861. The molecule has 22 heavy (non-hydrogen) atoms. The van der Waals surface area contributed by atoms with Crippen LogP contribution in [0.25, 0.3) is 0 Å². The van der Waals surface area contributed by atoms with Gasteiger partial charge in [-0.1, -0.05) is 23.8 Å². The van der Waals surface area contributed by atoms with E-state index in [9.17, 15) is 4.79 Å². The second-order valence-electron chi connectivity index (χ2n) is 5.69. The van der Waals surface area contributed by atoms with Crippen LogP contribution in [0.3, 0.4) is 0 Å². The average Bonchev–Trinajstić information content (AvgIpc) is 3.07. The Morgan fingerprint density at radius 1 is 1.27 bits per heavy atom. The molecule has 0 saturated heterocycles. The van der Waals surface area contributed by atoms with Crippen LogP contribution in [-0.2, 0) is 6.54 Å². The molecule has 1 aromatic carbocycles. The fraction of sp³-hybridized carbons (Fsp3) is 0.333. The van der Waals surface area contributed by atoms with Gasteiger partial charge in [0.15, 0.2) is 0 Å². The van der Waals surface area contributed by atoms with Gasteiger partial charge in [0.2, 0.25) is 0 Å². The van der Waals surface area contributed by atoms with E-state index in [0.29, 0.717) is 18.7 Å². The van der Waals surface area contributed by atoms with E-state index >= 15 is 0 Å². The summed E-state index contributed by atoms with van der Waals surface area (Å²) in [5.74, 6) is -0.00575. The van der Waals surface area contributed by atoms with Gasteiger partial charge < -0.3 is 5.32 Å². The van der Waals surface area contributed by atoms with E-state index < -0.39 is 0 Å². The first-order valence-corrected chi connectivity index (χ1v) is 7.84. The zero-order chi connectivity index (χ0) is 15.2. The average molecular weight is 295 g/mol. The van der Waals surface area contributed by atoms with E-state index in [0.717, 1.165) is 18.4 Å². The molecule has 0 bridgehead atoms. The molecule has 0 aliphatic heterocycles. The van der Waals surface area contributed by atoms with Crippen LogP contribution in [0.15, 0.2) is 54.4 Å². The number of allylic oxidation sites excluding steroid dienone is 1. The zero-order valence-electron chi connectivity index (χ0n) is 12.7. The summed E-state index contributed by atoms with van der Waals surface area (Å²) in [6.07, 6.45) is 10.7. The largest absolute Gasteiger partial charge is 0.348 e.